The van der Waals surface area contributed by atoms with Crippen LogP contribution >= 0.6 is 31.9 Å². The van der Waals surface area contributed by atoms with E-state index in [9.17, 15) is 4.39 Å². The third kappa shape index (κ3) is 4.05. The highest BCUT2D eigenvalue weighted by Crippen LogP contribution is 2.30. The molecule has 0 amide bonds. The molecule has 0 aliphatic carbocycles. The molecule has 0 saturated carbocycles. The topological polar surface area (TPSA) is 21.3 Å². The predicted octanol–water partition coefficient (Wildman–Crippen LogP) is 5.06. The molecule has 0 fully saturated rings. The van der Waals surface area contributed by atoms with Gasteiger partial charge in [-0.3, -0.25) is 0 Å². The van der Waals surface area contributed by atoms with Crippen molar-refractivity contribution < 1.29 is 9.13 Å². The zero-order valence-corrected chi connectivity index (χ0v) is 15.0. The Hall–Kier alpha value is -0.910. The molecular formula is C16H16Br2FNO. The van der Waals surface area contributed by atoms with Crippen molar-refractivity contribution in [3.63, 3.8) is 0 Å². The van der Waals surface area contributed by atoms with Crippen molar-refractivity contribution in [1.29, 1.82) is 0 Å². The minimum absolute atomic E-state index is 0.213. The summed E-state index contributed by atoms with van der Waals surface area (Å²) < 4.78 is 21.3. The molecule has 0 spiro atoms. The molecule has 2 aromatic carbocycles. The number of halogens is 3. The van der Waals surface area contributed by atoms with Gasteiger partial charge in [0.25, 0.3) is 0 Å². The van der Waals surface area contributed by atoms with Gasteiger partial charge in [0, 0.05) is 20.6 Å². The van der Waals surface area contributed by atoms with Crippen molar-refractivity contribution in [1.82, 2.24) is 5.32 Å². The van der Waals surface area contributed by atoms with Crippen molar-refractivity contribution in [3.8, 4) is 5.75 Å². The third-order valence-corrected chi connectivity index (χ3v) is 4.06. The number of methoxy groups -OCH3 is 1. The highest BCUT2D eigenvalue weighted by molar-refractivity contribution is 9.11. The van der Waals surface area contributed by atoms with E-state index < -0.39 is 0 Å². The summed E-state index contributed by atoms with van der Waals surface area (Å²) in [6.07, 6.45) is 0. The lowest BCUT2D eigenvalue weighted by atomic mass is 9.98. The second kappa shape index (κ2) is 7.38. The van der Waals surface area contributed by atoms with E-state index in [2.05, 4.69) is 37.2 Å². The molecule has 0 aromatic heterocycles. The van der Waals surface area contributed by atoms with Crippen LogP contribution in [0.1, 0.15) is 24.1 Å². The molecule has 0 radical (unpaired) electrons. The van der Waals surface area contributed by atoms with Gasteiger partial charge in [0.2, 0.25) is 0 Å². The van der Waals surface area contributed by atoms with Crippen molar-refractivity contribution in [3.05, 3.63) is 62.3 Å². The summed E-state index contributed by atoms with van der Waals surface area (Å²) in [6, 6.07) is 10.7. The molecule has 1 N–H and O–H groups in total. The van der Waals surface area contributed by atoms with Crippen LogP contribution in [0.15, 0.2) is 45.3 Å². The molecule has 0 bridgehead atoms. The molecule has 1 atom stereocenters. The standard InChI is InChI=1S/C16H16Br2FNO/c1-3-20-16(10-6-11(17)8-12(18)7-10)14-5-4-13(21-2)9-15(14)19/h4-9,16,20H,3H2,1-2H3. The van der Waals surface area contributed by atoms with Crippen LogP contribution in [-0.4, -0.2) is 13.7 Å². The van der Waals surface area contributed by atoms with Crippen LogP contribution in [0.2, 0.25) is 0 Å². The van der Waals surface area contributed by atoms with Gasteiger partial charge in [-0.25, -0.2) is 4.39 Å². The van der Waals surface area contributed by atoms with Gasteiger partial charge >= 0.3 is 0 Å². The molecule has 0 aliphatic rings. The molecule has 1 unspecified atom stereocenters. The smallest absolute Gasteiger partial charge is 0.132 e. The number of hydrogen-bond donors (Lipinski definition) is 1. The Balaban J connectivity index is 2.47. The number of benzene rings is 2. The lowest BCUT2D eigenvalue weighted by Gasteiger charge is -2.20. The minimum Gasteiger partial charge on any atom is -0.497 e. The molecule has 2 nitrogen and oxygen atoms in total. The summed E-state index contributed by atoms with van der Waals surface area (Å²) in [5.41, 5.74) is 1.59. The number of hydrogen-bond acceptors (Lipinski definition) is 2. The number of rotatable bonds is 5. The normalized spacial score (nSPS) is 12.2. The van der Waals surface area contributed by atoms with Crippen LogP contribution in [-0.2, 0) is 0 Å². The maximum Gasteiger partial charge on any atom is 0.132 e. The highest BCUT2D eigenvalue weighted by Gasteiger charge is 2.18. The summed E-state index contributed by atoms with van der Waals surface area (Å²) in [4.78, 5) is 0. The largest absolute Gasteiger partial charge is 0.497 e. The Morgan fingerprint density at radius 3 is 2.33 bits per heavy atom. The Morgan fingerprint density at radius 2 is 1.81 bits per heavy atom. The number of nitrogens with one attached hydrogen (secondary N) is 1. The molecule has 112 valence electrons. The first-order valence-electron chi connectivity index (χ1n) is 6.58. The predicted molar refractivity (Wildman–Crippen MR) is 90.3 cm³/mol. The van der Waals surface area contributed by atoms with E-state index in [0.717, 1.165) is 21.1 Å². The van der Waals surface area contributed by atoms with Gasteiger partial charge in [-0.2, -0.15) is 0 Å². The van der Waals surface area contributed by atoms with Gasteiger partial charge < -0.3 is 10.1 Å². The monoisotopic (exact) mass is 415 g/mol. The fourth-order valence-electron chi connectivity index (χ4n) is 2.22. The summed E-state index contributed by atoms with van der Waals surface area (Å²) in [6.45, 7) is 2.74. The second-order valence-corrected chi connectivity index (χ2v) is 6.41. The first-order chi connectivity index (χ1) is 10.0. The SMILES string of the molecule is CCNC(c1cc(Br)cc(Br)c1)c1ccc(OC)cc1F. The minimum atomic E-state index is -0.281. The molecule has 2 aromatic rings. The average molecular weight is 417 g/mol. The van der Waals surface area contributed by atoms with Crippen molar-refractivity contribution >= 4 is 31.9 Å². The van der Waals surface area contributed by atoms with Crippen LogP contribution in [0.3, 0.4) is 0 Å². The van der Waals surface area contributed by atoms with Gasteiger partial charge in [-0.15, -0.1) is 0 Å². The molecule has 21 heavy (non-hydrogen) atoms. The Kier molecular flexibility index (Phi) is 5.79. The van der Waals surface area contributed by atoms with Gasteiger partial charge in [-0.05, 0) is 36.4 Å². The summed E-state index contributed by atoms with van der Waals surface area (Å²) in [5, 5.41) is 3.33. The molecule has 5 heteroatoms. The van der Waals surface area contributed by atoms with Gasteiger partial charge in [0.15, 0.2) is 0 Å². The van der Waals surface area contributed by atoms with E-state index in [-0.39, 0.29) is 11.9 Å². The first-order valence-corrected chi connectivity index (χ1v) is 8.16. The summed E-state index contributed by atoms with van der Waals surface area (Å²) in [7, 11) is 1.53. The quantitative estimate of drug-likeness (QED) is 0.735. The zero-order valence-electron chi connectivity index (χ0n) is 11.8. The lowest BCUT2D eigenvalue weighted by Crippen LogP contribution is -2.23. The van der Waals surface area contributed by atoms with E-state index in [4.69, 9.17) is 4.74 Å². The van der Waals surface area contributed by atoms with E-state index in [1.807, 2.05) is 25.1 Å². The summed E-state index contributed by atoms with van der Waals surface area (Å²) in [5.74, 6) is 0.235. The first kappa shape index (κ1) is 16.5. The maximum absolute atomic E-state index is 14.4. The van der Waals surface area contributed by atoms with E-state index in [1.54, 1.807) is 12.1 Å². The van der Waals surface area contributed by atoms with Crippen LogP contribution in [0.5, 0.6) is 5.75 Å². The van der Waals surface area contributed by atoms with Crippen molar-refractivity contribution in [2.24, 2.45) is 0 Å². The highest BCUT2D eigenvalue weighted by atomic mass is 79.9. The fraction of sp³-hybridized carbons (Fsp3) is 0.250. The molecule has 2 rings (SSSR count). The van der Waals surface area contributed by atoms with Crippen LogP contribution in [0.25, 0.3) is 0 Å². The molecule has 0 aliphatic heterocycles. The number of ether oxygens (including phenoxy) is 1. The molecule has 0 heterocycles. The van der Waals surface area contributed by atoms with Crippen LogP contribution < -0.4 is 10.1 Å². The Morgan fingerprint density at radius 1 is 1.14 bits per heavy atom. The van der Waals surface area contributed by atoms with Gasteiger partial charge in [0.05, 0.1) is 13.2 Å². The average Bonchev–Trinajstić information content (AvgIpc) is 2.44. The van der Waals surface area contributed by atoms with E-state index in [1.165, 1.54) is 13.2 Å². The molecular weight excluding hydrogens is 401 g/mol. The van der Waals surface area contributed by atoms with Gasteiger partial charge in [-0.1, -0.05) is 44.8 Å². The molecule has 0 saturated heterocycles. The summed E-state index contributed by atoms with van der Waals surface area (Å²) >= 11 is 6.95. The maximum atomic E-state index is 14.4. The Labute approximate surface area is 141 Å². The van der Waals surface area contributed by atoms with E-state index in [0.29, 0.717) is 11.3 Å². The van der Waals surface area contributed by atoms with Crippen LogP contribution in [0.4, 0.5) is 4.39 Å². The third-order valence-electron chi connectivity index (χ3n) is 3.15. The Bertz CT molecular complexity index is 613. The van der Waals surface area contributed by atoms with Crippen molar-refractivity contribution in [2.45, 2.75) is 13.0 Å². The second-order valence-electron chi connectivity index (χ2n) is 4.58. The lowest BCUT2D eigenvalue weighted by molar-refractivity contribution is 0.410. The van der Waals surface area contributed by atoms with Gasteiger partial charge in [0.1, 0.15) is 11.6 Å². The fourth-order valence-corrected chi connectivity index (χ4v) is 3.55. The van der Waals surface area contributed by atoms with E-state index >= 15 is 0 Å². The van der Waals surface area contributed by atoms with Crippen molar-refractivity contribution in [2.75, 3.05) is 13.7 Å². The van der Waals surface area contributed by atoms with Crippen LogP contribution in [0, 0.1) is 5.82 Å². The zero-order chi connectivity index (χ0) is 15.4.